The molecule has 0 fully saturated rings. The fraction of sp³-hybridized carbons (Fsp3) is 0.250. The van der Waals surface area contributed by atoms with Crippen LogP contribution < -0.4 is 39.3 Å². The maximum absolute atomic E-state index is 11.8. The number of nitrogens with two attached hydrogens (primary N) is 5. The number of primary amides is 1. The minimum absolute atomic E-state index is 0.167. The van der Waals surface area contributed by atoms with Crippen LogP contribution in [0.3, 0.4) is 0 Å². The van der Waals surface area contributed by atoms with Gasteiger partial charge in [-0.25, -0.2) is 9.59 Å². The SMILES string of the molecule is CC(C)C[C@H](NC(=O)C=Cc1cc(N)ccc1N)C(=O)O.NC(=O)C[C@H](NC(=O)C=Cc1cc(N)ccc1N)C(=O)O. The molecule has 0 saturated carbocycles. The van der Waals surface area contributed by atoms with Gasteiger partial charge < -0.3 is 49.5 Å². The van der Waals surface area contributed by atoms with Gasteiger partial charge in [0.25, 0.3) is 0 Å². The summed E-state index contributed by atoms with van der Waals surface area (Å²) in [4.78, 5) is 56.0. The van der Waals surface area contributed by atoms with Crippen molar-refractivity contribution in [3.8, 4) is 0 Å². The number of carbonyl (C=O) groups is 5. The average molecular weight is 584 g/mol. The minimum Gasteiger partial charge on any atom is -0.480 e. The summed E-state index contributed by atoms with van der Waals surface area (Å²) in [6.07, 6.45) is 5.13. The van der Waals surface area contributed by atoms with Crippen molar-refractivity contribution >= 4 is 64.6 Å². The van der Waals surface area contributed by atoms with Crippen LogP contribution in [0.15, 0.2) is 48.6 Å². The predicted molar refractivity (Wildman–Crippen MR) is 161 cm³/mol. The molecule has 0 aromatic heterocycles. The molecule has 14 heteroatoms. The zero-order valence-electron chi connectivity index (χ0n) is 23.2. The molecule has 0 spiro atoms. The molecule has 2 aromatic rings. The van der Waals surface area contributed by atoms with E-state index >= 15 is 0 Å². The fourth-order valence-electron chi connectivity index (χ4n) is 3.34. The maximum atomic E-state index is 11.8. The van der Waals surface area contributed by atoms with E-state index in [-0.39, 0.29) is 5.92 Å². The number of anilines is 4. The molecule has 14 nitrogen and oxygen atoms in total. The van der Waals surface area contributed by atoms with Crippen LogP contribution in [0.25, 0.3) is 12.2 Å². The molecule has 0 aliphatic heterocycles. The highest BCUT2D eigenvalue weighted by Crippen LogP contribution is 2.18. The Kier molecular flexibility index (Phi) is 13.6. The van der Waals surface area contributed by atoms with Crippen molar-refractivity contribution in [2.24, 2.45) is 11.7 Å². The van der Waals surface area contributed by atoms with Gasteiger partial charge in [-0.2, -0.15) is 0 Å². The number of aliphatic carboxylic acids is 2. The molecule has 226 valence electrons. The van der Waals surface area contributed by atoms with Crippen molar-refractivity contribution in [3.05, 3.63) is 59.7 Å². The summed E-state index contributed by atoms with van der Waals surface area (Å²) >= 11 is 0. The van der Waals surface area contributed by atoms with Gasteiger partial charge in [0.1, 0.15) is 12.1 Å². The van der Waals surface area contributed by atoms with Gasteiger partial charge in [-0.05, 0) is 72.0 Å². The number of benzene rings is 2. The Morgan fingerprint density at radius 3 is 1.50 bits per heavy atom. The van der Waals surface area contributed by atoms with Gasteiger partial charge in [-0.3, -0.25) is 14.4 Å². The summed E-state index contributed by atoms with van der Waals surface area (Å²) in [5.74, 6) is -4.23. The van der Waals surface area contributed by atoms with Gasteiger partial charge in [0.05, 0.1) is 6.42 Å². The molecule has 0 heterocycles. The number of hydrogen-bond acceptors (Lipinski definition) is 9. The monoisotopic (exact) mass is 583 g/mol. The summed E-state index contributed by atoms with van der Waals surface area (Å²) in [6, 6.07) is 7.43. The van der Waals surface area contributed by atoms with Crippen LogP contribution in [0, 0.1) is 5.92 Å². The molecular weight excluding hydrogens is 546 g/mol. The van der Waals surface area contributed by atoms with Crippen LogP contribution in [-0.4, -0.2) is 52.0 Å². The quantitative estimate of drug-likeness (QED) is 0.124. The molecule has 42 heavy (non-hydrogen) atoms. The van der Waals surface area contributed by atoms with E-state index in [0.717, 1.165) is 6.08 Å². The lowest BCUT2D eigenvalue weighted by molar-refractivity contribution is -0.142. The van der Waals surface area contributed by atoms with Crippen LogP contribution in [0.2, 0.25) is 0 Å². The molecule has 14 N–H and O–H groups in total. The molecule has 0 saturated heterocycles. The van der Waals surface area contributed by atoms with Crippen molar-refractivity contribution < 1.29 is 34.2 Å². The number of carbonyl (C=O) groups excluding carboxylic acids is 3. The predicted octanol–water partition coefficient (Wildman–Crippen LogP) is 0.789. The molecular formula is C28H37N7O7. The Hall–Kier alpha value is -5.53. The van der Waals surface area contributed by atoms with E-state index in [0.29, 0.717) is 40.3 Å². The Labute approximate surface area is 242 Å². The van der Waals surface area contributed by atoms with E-state index in [1.54, 1.807) is 36.4 Å². The number of rotatable bonds is 12. The van der Waals surface area contributed by atoms with E-state index in [1.165, 1.54) is 18.2 Å². The van der Waals surface area contributed by atoms with E-state index < -0.39 is 48.2 Å². The third-order valence-electron chi connectivity index (χ3n) is 5.39. The number of hydrogen-bond donors (Lipinski definition) is 9. The van der Waals surface area contributed by atoms with Crippen molar-refractivity contribution in [1.29, 1.82) is 0 Å². The number of amides is 3. The summed E-state index contributed by atoms with van der Waals surface area (Å²) in [5, 5.41) is 22.5. The number of nitrogens with one attached hydrogen (secondary N) is 2. The highest BCUT2D eigenvalue weighted by Gasteiger charge is 2.21. The molecule has 0 bridgehead atoms. The lowest BCUT2D eigenvalue weighted by atomic mass is 10.0. The van der Waals surface area contributed by atoms with Crippen molar-refractivity contribution in [3.63, 3.8) is 0 Å². The first-order valence-electron chi connectivity index (χ1n) is 12.6. The van der Waals surface area contributed by atoms with Gasteiger partial charge in [0.15, 0.2) is 0 Å². The van der Waals surface area contributed by atoms with E-state index in [4.69, 9.17) is 38.9 Å². The second-order valence-corrected chi connectivity index (χ2v) is 9.54. The summed E-state index contributed by atoms with van der Waals surface area (Å²) in [7, 11) is 0. The first-order valence-corrected chi connectivity index (χ1v) is 12.6. The van der Waals surface area contributed by atoms with Gasteiger partial charge in [-0.1, -0.05) is 13.8 Å². The minimum atomic E-state index is -1.38. The second kappa shape index (κ2) is 16.5. The van der Waals surface area contributed by atoms with Crippen LogP contribution in [0.5, 0.6) is 0 Å². The fourth-order valence-corrected chi connectivity index (χ4v) is 3.34. The summed E-state index contributed by atoms with van der Waals surface area (Å²) < 4.78 is 0. The van der Waals surface area contributed by atoms with E-state index in [1.807, 2.05) is 13.8 Å². The third-order valence-corrected chi connectivity index (χ3v) is 5.39. The number of carboxylic acids is 2. The van der Waals surface area contributed by atoms with Gasteiger partial charge in [0.2, 0.25) is 17.7 Å². The van der Waals surface area contributed by atoms with Gasteiger partial charge in [0, 0.05) is 34.9 Å². The number of nitrogen functional groups attached to an aromatic ring is 4. The van der Waals surface area contributed by atoms with E-state index in [9.17, 15) is 24.0 Å². The normalized spacial score (nSPS) is 12.3. The van der Waals surface area contributed by atoms with Gasteiger partial charge >= 0.3 is 11.9 Å². The molecule has 2 atom stereocenters. The Morgan fingerprint density at radius 1 is 0.738 bits per heavy atom. The third kappa shape index (κ3) is 13.0. The number of carboxylic acid groups (broad SMARTS) is 2. The molecule has 0 radical (unpaired) electrons. The average Bonchev–Trinajstić information content (AvgIpc) is 2.88. The van der Waals surface area contributed by atoms with Crippen LogP contribution in [0.4, 0.5) is 22.7 Å². The van der Waals surface area contributed by atoms with Crippen molar-refractivity contribution in [1.82, 2.24) is 10.6 Å². The topological polar surface area (TPSA) is 280 Å². The summed E-state index contributed by atoms with van der Waals surface area (Å²) in [6.45, 7) is 3.79. The van der Waals surface area contributed by atoms with Crippen LogP contribution in [-0.2, 0) is 24.0 Å². The van der Waals surface area contributed by atoms with Crippen molar-refractivity contribution in [2.45, 2.75) is 38.8 Å². The first-order chi connectivity index (χ1) is 19.6. The molecule has 0 unspecified atom stereocenters. The highest BCUT2D eigenvalue weighted by molar-refractivity contribution is 5.96. The van der Waals surface area contributed by atoms with E-state index in [2.05, 4.69) is 10.6 Å². The largest absolute Gasteiger partial charge is 0.480 e. The second-order valence-electron chi connectivity index (χ2n) is 9.54. The Bertz CT molecular complexity index is 1360. The first kappa shape index (κ1) is 34.5. The molecule has 0 aliphatic rings. The standard InChI is InChI=1S/C15H21N3O3.C13H16N4O4/c1-9(2)7-13(15(20)21)18-14(19)6-3-10-8-11(16)4-5-12(10)17;14-8-2-3-9(15)7(5-8)1-4-12(19)17-10(13(20)21)6-11(16)18/h3-6,8-9,13H,7,16-17H2,1-2H3,(H,18,19)(H,20,21);1-5,10H,6,14-15H2,(H2,16,18)(H,17,19)(H,20,21)/t13-;10-/m00/s1. The molecule has 3 amide bonds. The van der Waals surface area contributed by atoms with Crippen LogP contribution >= 0.6 is 0 Å². The van der Waals surface area contributed by atoms with Crippen LogP contribution in [0.1, 0.15) is 37.8 Å². The highest BCUT2D eigenvalue weighted by atomic mass is 16.4. The Morgan fingerprint density at radius 2 is 1.14 bits per heavy atom. The zero-order valence-corrected chi connectivity index (χ0v) is 23.2. The Balaban J connectivity index is 0.000000420. The summed E-state index contributed by atoms with van der Waals surface area (Å²) in [5.41, 5.74) is 30.6. The van der Waals surface area contributed by atoms with Crippen molar-refractivity contribution in [2.75, 3.05) is 22.9 Å². The lowest BCUT2D eigenvalue weighted by Gasteiger charge is -2.15. The smallest absolute Gasteiger partial charge is 0.326 e. The van der Waals surface area contributed by atoms with Gasteiger partial charge in [-0.15, -0.1) is 0 Å². The zero-order chi connectivity index (χ0) is 32.0. The molecule has 2 rings (SSSR count). The molecule has 0 aliphatic carbocycles. The molecule has 2 aromatic carbocycles. The lowest BCUT2D eigenvalue weighted by Crippen LogP contribution is -2.42. The maximum Gasteiger partial charge on any atom is 0.326 e.